The van der Waals surface area contributed by atoms with E-state index in [2.05, 4.69) is 25.9 Å². The standard InChI is InChI=1S/C23H25BN6O2/c24-20-15-26-22(29-21(20)25-11-10-16-6-8-19(31)9-7-16)27-17-4-3-5-18(14-17)28-23(32)30-12-1-2-13-30/h3-9,14-15,31H,1-2,10-13H2,(H,28,32)(H2,25,26,27,29). The van der Waals surface area contributed by atoms with Crippen molar-refractivity contribution in [2.45, 2.75) is 19.3 Å². The highest BCUT2D eigenvalue weighted by Gasteiger charge is 2.17. The van der Waals surface area contributed by atoms with Gasteiger partial charge in [-0.25, -0.2) is 9.78 Å². The summed E-state index contributed by atoms with van der Waals surface area (Å²) in [6, 6.07) is 14.4. The summed E-state index contributed by atoms with van der Waals surface area (Å²) >= 11 is 0. The molecule has 8 nitrogen and oxygen atoms in total. The maximum atomic E-state index is 12.3. The predicted octanol–water partition coefficient (Wildman–Crippen LogP) is 3.00. The van der Waals surface area contributed by atoms with Crippen LogP contribution in [0.1, 0.15) is 18.4 Å². The molecule has 1 saturated heterocycles. The number of urea groups is 1. The van der Waals surface area contributed by atoms with Crippen molar-refractivity contribution < 1.29 is 9.90 Å². The van der Waals surface area contributed by atoms with Gasteiger partial charge in [-0.15, -0.1) is 0 Å². The molecule has 0 unspecified atom stereocenters. The van der Waals surface area contributed by atoms with Crippen molar-refractivity contribution in [2.75, 3.05) is 35.6 Å². The lowest BCUT2D eigenvalue weighted by Gasteiger charge is -2.16. The molecule has 2 aromatic carbocycles. The Bertz CT molecular complexity index is 1070. The van der Waals surface area contributed by atoms with Gasteiger partial charge in [0, 0.05) is 37.2 Å². The Kier molecular flexibility index (Phi) is 6.74. The molecule has 1 fully saturated rings. The number of aromatic hydroxyl groups is 1. The quantitative estimate of drug-likeness (QED) is 0.432. The lowest BCUT2D eigenvalue weighted by molar-refractivity contribution is 0.222. The molecule has 4 N–H and O–H groups in total. The fraction of sp³-hybridized carbons (Fsp3) is 0.261. The minimum absolute atomic E-state index is 0.0801. The summed E-state index contributed by atoms with van der Waals surface area (Å²) in [4.78, 5) is 22.9. The van der Waals surface area contributed by atoms with Gasteiger partial charge >= 0.3 is 6.03 Å². The molecule has 9 heteroatoms. The molecular formula is C23H25BN6O2. The van der Waals surface area contributed by atoms with Gasteiger partial charge in [-0.2, -0.15) is 4.98 Å². The number of benzene rings is 2. The van der Waals surface area contributed by atoms with Crippen molar-refractivity contribution in [1.29, 1.82) is 0 Å². The Balaban J connectivity index is 1.36. The van der Waals surface area contributed by atoms with E-state index in [1.165, 1.54) is 0 Å². The SMILES string of the molecule is [B]c1cnc(Nc2cccc(NC(=O)N3CCCC3)c2)nc1NCCc1ccc(O)cc1. The second kappa shape index (κ2) is 10.0. The first-order valence-electron chi connectivity index (χ1n) is 10.6. The fourth-order valence-electron chi connectivity index (χ4n) is 3.51. The minimum atomic E-state index is -0.0801. The molecule has 1 aliphatic rings. The molecule has 2 amide bonds. The number of amides is 2. The number of nitrogens with zero attached hydrogens (tertiary/aromatic N) is 3. The Labute approximate surface area is 188 Å². The second-order valence-electron chi connectivity index (χ2n) is 7.67. The zero-order valence-electron chi connectivity index (χ0n) is 17.7. The third kappa shape index (κ3) is 5.69. The number of hydrogen-bond acceptors (Lipinski definition) is 6. The van der Waals surface area contributed by atoms with Gasteiger partial charge in [0.15, 0.2) is 0 Å². The molecule has 3 aromatic rings. The maximum absolute atomic E-state index is 12.3. The number of anilines is 4. The zero-order valence-corrected chi connectivity index (χ0v) is 17.7. The molecule has 0 atom stereocenters. The average molecular weight is 428 g/mol. The van der Waals surface area contributed by atoms with Crippen molar-refractivity contribution in [2.24, 2.45) is 0 Å². The topological polar surface area (TPSA) is 102 Å². The second-order valence-corrected chi connectivity index (χ2v) is 7.67. The van der Waals surface area contributed by atoms with Crippen LogP contribution < -0.4 is 21.4 Å². The van der Waals surface area contributed by atoms with Crippen molar-refractivity contribution in [3.05, 3.63) is 60.3 Å². The zero-order chi connectivity index (χ0) is 22.3. The number of carbonyl (C=O) groups excluding carboxylic acids is 1. The van der Waals surface area contributed by atoms with Crippen LogP contribution in [0.15, 0.2) is 54.7 Å². The van der Waals surface area contributed by atoms with Crippen LogP contribution >= 0.6 is 0 Å². The van der Waals surface area contributed by atoms with Crippen LogP contribution in [0.25, 0.3) is 0 Å². The van der Waals surface area contributed by atoms with Gasteiger partial charge in [-0.3, -0.25) is 0 Å². The van der Waals surface area contributed by atoms with Gasteiger partial charge < -0.3 is 26.0 Å². The first-order valence-corrected chi connectivity index (χ1v) is 10.6. The normalized spacial score (nSPS) is 13.1. The molecule has 4 rings (SSSR count). The van der Waals surface area contributed by atoms with E-state index in [9.17, 15) is 9.90 Å². The number of hydrogen-bond donors (Lipinski definition) is 4. The van der Waals surface area contributed by atoms with Crippen LogP contribution in [0.3, 0.4) is 0 Å². The van der Waals surface area contributed by atoms with Crippen molar-refractivity contribution >= 4 is 42.5 Å². The van der Waals surface area contributed by atoms with E-state index in [1.54, 1.807) is 18.3 Å². The molecule has 2 radical (unpaired) electrons. The summed E-state index contributed by atoms with van der Waals surface area (Å²) in [5.74, 6) is 1.19. The third-order valence-corrected chi connectivity index (χ3v) is 5.22. The van der Waals surface area contributed by atoms with Crippen LogP contribution in [-0.4, -0.2) is 53.5 Å². The lowest BCUT2D eigenvalue weighted by Crippen LogP contribution is -2.32. The van der Waals surface area contributed by atoms with Crippen molar-refractivity contribution in [3.8, 4) is 5.75 Å². The van der Waals surface area contributed by atoms with Gasteiger partial charge in [0.05, 0.1) is 0 Å². The number of aromatic nitrogens is 2. The smallest absolute Gasteiger partial charge is 0.321 e. The Morgan fingerprint density at radius 2 is 1.84 bits per heavy atom. The molecule has 0 aliphatic carbocycles. The summed E-state index contributed by atoms with van der Waals surface area (Å²) < 4.78 is 0. The molecule has 2 heterocycles. The Morgan fingerprint density at radius 3 is 2.62 bits per heavy atom. The first-order chi connectivity index (χ1) is 15.6. The molecule has 0 bridgehead atoms. The molecule has 0 spiro atoms. The van der Waals surface area contributed by atoms with Gasteiger partial charge in [0.2, 0.25) is 5.95 Å². The number of carbonyl (C=O) groups is 1. The average Bonchev–Trinajstić information content (AvgIpc) is 3.33. The number of nitrogens with one attached hydrogen (secondary N) is 3. The highest BCUT2D eigenvalue weighted by Crippen LogP contribution is 2.20. The monoisotopic (exact) mass is 428 g/mol. The summed E-state index contributed by atoms with van der Waals surface area (Å²) in [5, 5.41) is 18.7. The molecular weight excluding hydrogens is 403 g/mol. The van der Waals surface area contributed by atoms with Crippen LogP contribution in [0.4, 0.5) is 27.9 Å². The molecule has 162 valence electrons. The van der Waals surface area contributed by atoms with E-state index in [0.717, 1.165) is 43.6 Å². The van der Waals surface area contributed by atoms with E-state index in [1.807, 2.05) is 41.3 Å². The van der Waals surface area contributed by atoms with Gasteiger partial charge in [-0.05, 0) is 60.6 Å². The van der Waals surface area contributed by atoms with Gasteiger partial charge in [-0.1, -0.05) is 18.2 Å². The lowest BCUT2D eigenvalue weighted by atomic mass is 9.99. The maximum Gasteiger partial charge on any atom is 0.321 e. The highest BCUT2D eigenvalue weighted by molar-refractivity contribution is 6.35. The highest BCUT2D eigenvalue weighted by atomic mass is 16.3. The fourth-order valence-corrected chi connectivity index (χ4v) is 3.51. The van der Waals surface area contributed by atoms with Crippen LogP contribution in [-0.2, 0) is 6.42 Å². The Hall–Kier alpha value is -3.75. The van der Waals surface area contributed by atoms with E-state index in [4.69, 9.17) is 7.85 Å². The van der Waals surface area contributed by atoms with E-state index in [0.29, 0.717) is 29.5 Å². The van der Waals surface area contributed by atoms with Gasteiger partial charge in [0.1, 0.15) is 19.4 Å². The molecule has 32 heavy (non-hydrogen) atoms. The van der Waals surface area contributed by atoms with E-state index >= 15 is 0 Å². The van der Waals surface area contributed by atoms with Crippen LogP contribution in [0.2, 0.25) is 0 Å². The summed E-state index contributed by atoms with van der Waals surface area (Å²) in [7, 11) is 6.02. The largest absolute Gasteiger partial charge is 0.508 e. The number of phenolic OH excluding ortho intramolecular Hbond substituents is 1. The van der Waals surface area contributed by atoms with E-state index < -0.39 is 0 Å². The molecule has 0 saturated carbocycles. The van der Waals surface area contributed by atoms with Crippen molar-refractivity contribution in [3.63, 3.8) is 0 Å². The molecule has 1 aromatic heterocycles. The summed E-state index contributed by atoms with van der Waals surface area (Å²) in [5.41, 5.74) is 3.00. The van der Waals surface area contributed by atoms with Crippen LogP contribution in [0, 0.1) is 0 Å². The minimum Gasteiger partial charge on any atom is -0.508 e. The summed E-state index contributed by atoms with van der Waals surface area (Å²) in [6.45, 7) is 2.22. The third-order valence-electron chi connectivity index (χ3n) is 5.22. The number of likely N-dealkylation sites (tertiary alicyclic amines) is 1. The van der Waals surface area contributed by atoms with Crippen LogP contribution in [0.5, 0.6) is 5.75 Å². The summed E-state index contributed by atoms with van der Waals surface area (Å²) in [6.07, 6.45) is 4.41. The number of rotatable bonds is 7. The van der Waals surface area contributed by atoms with Gasteiger partial charge in [0.25, 0.3) is 0 Å². The number of phenols is 1. The van der Waals surface area contributed by atoms with E-state index in [-0.39, 0.29) is 11.8 Å². The first kappa shape index (κ1) is 21.5. The molecule has 1 aliphatic heterocycles. The van der Waals surface area contributed by atoms with Crippen molar-refractivity contribution in [1.82, 2.24) is 14.9 Å². The Morgan fingerprint density at radius 1 is 1.09 bits per heavy atom. The predicted molar refractivity (Wildman–Crippen MR) is 127 cm³/mol.